The second-order valence-electron chi connectivity index (χ2n) is 4.41. The summed E-state index contributed by atoms with van der Waals surface area (Å²) in [4.78, 5) is 12.8. The van der Waals surface area contributed by atoms with E-state index < -0.39 is 0 Å². The molecule has 1 fully saturated rings. The molecule has 0 bridgehead atoms. The second-order valence-corrected chi connectivity index (χ2v) is 4.41. The van der Waals surface area contributed by atoms with Crippen molar-refractivity contribution in [3.05, 3.63) is 35.4 Å². The van der Waals surface area contributed by atoms with E-state index in [-0.39, 0.29) is 0 Å². The fourth-order valence-electron chi connectivity index (χ4n) is 2.13. The number of carbonyl (C=O) groups excluding carboxylic acids is 1. The van der Waals surface area contributed by atoms with Gasteiger partial charge in [0, 0.05) is 26.1 Å². The van der Waals surface area contributed by atoms with Gasteiger partial charge in [-0.25, -0.2) is 0 Å². The van der Waals surface area contributed by atoms with Gasteiger partial charge < -0.3 is 9.53 Å². The molecule has 17 heavy (non-hydrogen) atoms. The van der Waals surface area contributed by atoms with Gasteiger partial charge in [-0.1, -0.05) is 24.3 Å². The third kappa shape index (κ3) is 3.95. The molecule has 1 heterocycles. The average Bonchev–Trinajstić information content (AvgIpc) is 2.38. The fourth-order valence-corrected chi connectivity index (χ4v) is 2.13. The standard InChI is InChI=1S/C14H19NO2/c16-8-2-5-13-3-1-4-14(11-13)12-15-6-9-17-10-7-15/h1,3-4,8,11H,2,5-7,9-10,12H2. The lowest BCUT2D eigenvalue weighted by atomic mass is 10.1. The number of benzene rings is 1. The molecule has 1 saturated heterocycles. The molecular formula is C14H19NO2. The number of aryl methyl sites for hydroxylation is 1. The second kappa shape index (κ2) is 6.52. The van der Waals surface area contributed by atoms with Crippen LogP contribution in [-0.4, -0.2) is 37.5 Å². The van der Waals surface area contributed by atoms with E-state index in [1.807, 2.05) is 0 Å². The topological polar surface area (TPSA) is 29.5 Å². The van der Waals surface area contributed by atoms with E-state index in [1.165, 1.54) is 11.1 Å². The third-order valence-electron chi connectivity index (χ3n) is 3.05. The minimum atomic E-state index is 0.612. The first-order valence-electron chi connectivity index (χ1n) is 6.20. The van der Waals surface area contributed by atoms with Gasteiger partial charge in [-0.2, -0.15) is 0 Å². The van der Waals surface area contributed by atoms with Gasteiger partial charge in [-0.05, 0) is 17.5 Å². The normalized spacial score (nSPS) is 16.9. The van der Waals surface area contributed by atoms with Crippen LogP contribution in [0.5, 0.6) is 0 Å². The Labute approximate surface area is 102 Å². The molecule has 3 nitrogen and oxygen atoms in total. The van der Waals surface area contributed by atoms with E-state index >= 15 is 0 Å². The monoisotopic (exact) mass is 233 g/mol. The van der Waals surface area contributed by atoms with Crippen molar-refractivity contribution in [2.75, 3.05) is 26.3 Å². The highest BCUT2D eigenvalue weighted by Crippen LogP contribution is 2.11. The smallest absolute Gasteiger partial charge is 0.120 e. The van der Waals surface area contributed by atoms with Crippen molar-refractivity contribution in [3.63, 3.8) is 0 Å². The van der Waals surface area contributed by atoms with Crippen LogP contribution >= 0.6 is 0 Å². The zero-order valence-electron chi connectivity index (χ0n) is 10.1. The van der Waals surface area contributed by atoms with Crippen LogP contribution in [0, 0.1) is 0 Å². The molecule has 0 aromatic heterocycles. The van der Waals surface area contributed by atoms with Gasteiger partial charge in [-0.15, -0.1) is 0 Å². The highest BCUT2D eigenvalue weighted by molar-refractivity contribution is 5.50. The highest BCUT2D eigenvalue weighted by Gasteiger charge is 2.10. The quantitative estimate of drug-likeness (QED) is 0.724. The largest absolute Gasteiger partial charge is 0.379 e. The predicted octanol–water partition coefficient (Wildman–Crippen LogP) is 1.65. The van der Waals surface area contributed by atoms with E-state index in [0.29, 0.717) is 6.42 Å². The number of rotatable bonds is 5. The lowest BCUT2D eigenvalue weighted by molar-refractivity contribution is -0.107. The Kier molecular flexibility index (Phi) is 4.71. The van der Waals surface area contributed by atoms with Crippen LogP contribution < -0.4 is 0 Å². The first-order chi connectivity index (χ1) is 8.38. The Morgan fingerprint density at radius 2 is 2.00 bits per heavy atom. The van der Waals surface area contributed by atoms with Gasteiger partial charge in [0.05, 0.1) is 13.2 Å². The number of hydrogen-bond donors (Lipinski definition) is 0. The number of aldehydes is 1. The Morgan fingerprint density at radius 3 is 2.76 bits per heavy atom. The molecular weight excluding hydrogens is 214 g/mol. The summed E-state index contributed by atoms with van der Waals surface area (Å²) in [7, 11) is 0. The van der Waals surface area contributed by atoms with Gasteiger partial charge in [0.15, 0.2) is 0 Å². The molecule has 0 radical (unpaired) electrons. The molecule has 3 heteroatoms. The number of nitrogens with zero attached hydrogens (tertiary/aromatic N) is 1. The minimum Gasteiger partial charge on any atom is -0.379 e. The Hall–Kier alpha value is -1.19. The first kappa shape index (κ1) is 12.3. The third-order valence-corrected chi connectivity index (χ3v) is 3.05. The summed E-state index contributed by atoms with van der Waals surface area (Å²) in [5, 5.41) is 0. The summed E-state index contributed by atoms with van der Waals surface area (Å²) < 4.78 is 5.33. The summed E-state index contributed by atoms with van der Waals surface area (Å²) in [6, 6.07) is 8.53. The summed E-state index contributed by atoms with van der Waals surface area (Å²) in [6.07, 6.45) is 2.44. The average molecular weight is 233 g/mol. The molecule has 92 valence electrons. The lowest BCUT2D eigenvalue weighted by Crippen LogP contribution is -2.35. The molecule has 0 unspecified atom stereocenters. The molecule has 0 spiro atoms. The van der Waals surface area contributed by atoms with Crippen LogP contribution in [0.2, 0.25) is 0 Å². The SMILES string of the molecule is O=CCCc1cccc(CN2CCOCC2)c1. The van der Waals surface area contributed by atoms with E-state index in [2.05, 4.69) is 29.2 Å². The van der Waals surface area contributed by atoms with E-state index in [1.54, 1.807) is 0 Å². The van der Waals surface area contributed by atoms with Crippen LogP contribution in [0.3, 0.4) is 0 Å². The molecule has 0 aliphatic carbocycles. The van der Waals surface area contributed by atoms with Gasteiger partial charge in [-0.3, -0.25) is 4.90 Å². The van der Waals surface area contributed by atoms with Crippen molar-refractivity contribution in [2.24, 2.45) is 0 Å². The maximum Gasteiger partial charge on any atom is 0.120 e. The summed E-state index contributed by atoms with van der Waals surface area (Å²) in [5.41, 5.74) is 2.58. The van der Waals surface area contributed by atoms with Crippen LogP contribution in [0.15, 0.2) is 24.3 Å². The van der Waals surface area contributed by atoms with Gasteiger partial charge >= 0.3 is 0 Å². The molecule has 1 aliphatic heterocycles. The molecule has 1 aromatic rings. The Balaban J connectivity index is 1.92. The molecule has 0 amide bonds. The summed E-state index contributed by atoms with van der Waals surface area (Å²) in [5.74, 6) is 0. The van der Waals surface area contributed by atoms with Crippen LogP contribution in [-0.2, 0) is 22.5 Å². The van der Waals surface area contributed by atoms with Crippen molar-refractivity contribution >= 4 is 6.29 Å². The first-order valence-corrected chi connectivity index (χ1v) is 6.20. The molecule has 2 rings (SSSR count). The zero-order valence-corrected chi connectivity index (χ0v) is 10.1. The number of hydrogen-bond acceptors (Lipinski definition) is 3. The van der Waals surface area contributed by atoms with Gasteiger partial charge in [0.2, 0.25) is 0 Å². The van der Waals surface area contributed by atoms with E-state index in [0.717, 1.165) is 45.6 Å². The Morgan fingerprint density at radius 1 is 1.24 bits per heavy atom. The molecule has 0 atom stereocenters. The number of morpholine rings is 1. The molecule has 0 saturated carbocycles. The Bertz CT molecular complexity index is 359. The maximum atomic E-state index is 10.4. The summed E-state index contributed by atoms with van der Waals surface area (Å²) in [6.45, 7) is 4.69. The van der Waals surface area contributed by atoms with Crippen molar-refractivity contribution in [1.82, 2.24) is 4.90 Å². The minimum absolute atomic E-state index is 0.612. The van der Waals surface area contributed by atoms with Crippen molar-refractivity contribution in [2.45, 2.75) is 19.4 Å². The predicted molar refractivity (Wildman–Crippen MR) is 66.9 cm³/mol. The number of carbonyl (C=O) groups is 1. The molecule has 0 N–H and O–H groups in total. The molecule has 1 aromatic carbocycles. The summed E-state index contributed by atoms with van der Waals surface area (Å²) >= 11 is 0. The van der Waals surface area contributed by atoms with Crippen LogP contribution in [0.1, 0.15) is 17.5 Å². The van der Waals surface area contributed by atoms with Crippen molar-refractivity contribution < 1.29 is 9.53 Å². The maximum absolute atomic E-state index is 10.4. The van der Waals surface area contributed by atoms with Crippen molar-refractivity contribution in [3.8, 4) is 0 Å². The van der Waals surface area contributed by atoms with Crippen LogP contribution in [0.25, 0.3) is 0 Å². The highest BCUT2D eigenvalue weighted by atomic mass is 16.5. The number of ether oxygens (including phenoxy) is 1. The lowest BCUT2D eigenvalue weighted by Gasteiger charge is -2.26. The van der Waals surface area contributed by atoms with Crippen LogP contribution in [0.4, 0.5) is 0 Å². The zero-order chi connectivity index (χ0) is 11.9. The van der Waals surface area contributed by atoms with Crippen molar-refractivity contribution in [1.29, 1.82) is 0 Å². The van der Waals surface area contributed by atoms with E-state index in [9.17, 15) is 4.79 Å². The fraction of sp³-hybridized carbons (Fsp3) is 0.500. The van der Waals surface area contributed by atoms with E-state index in [4.69, 9.17) is 4.74 Å². The molecule has 1 aliphatic rings. The van der Waals surface area contributed by atoms with Gasteiger partial charge in [0.25, 0.3) is 0 Å². The van der Waals surface area contributed by atoms with Gasteiger partial charge in [0.1, 0.15) is 6.29 Å².